The van der Waals surface area contributed by atoms with E-state index in [2.05, 4.69) is 13.8 Å². The van der Waals surface area contributed by atoms with Gasteiger partial charge in [0.2, 0.25) is 0 Å². The van der Waals surface area contributed by atoms with Gasteiger partial charge in [-0.1, -0.05) is 40.5 Å². The molecular formula is C15H30O4. The Balaban J connectivity index is 4.88. The summed E-state index contributed by atoms with van der Waals surface area (Å²) in [7, 11) is 0. The minimum atomic E-state index is -0.985. The highest BCUT2D eigenvalue weighted by Gasteiger charge is 2.42. The number of hydrogen-bond acceptors (Lipinski definition) is 4. The molecule has 0 rings (SSSR count). The molecule has 0 aliphatic carbocycles. The van der Waals surface area contributed by atoms with E-state index in [1.54, 1.807) is 0 Å². The number of ether oxygens (including phenoxy) is 1. The third kappa shape index (κ3) is 4.77. The van der Waals surface area contributed by atoms with Crippen LogP contribution in [-0.4, -0.2) is 35.5 Å². The van der Waals surface area contributed by atoms with Crippen molar-refractivity contribution in [3.63, 3.8) is 0 Å². The molecule has 19 heavy (non-hydrogen) atoms. The maximum atomic E-state index is 12.4. The smallest absolute Gasteiger partial charge is 0.312 e. The molecule has 0 fully saturated rings. The first kappa shape index (κ1) is 18.4. The second-order valence-corrected chi connectivity index (χ2v) is 5.19. The fourth-order valence-electron chi connectivity index (χ4n) is 2.87. The summed E-state index contributed by atoms with van der Waals surface area (Å²) < 4.78 is 5.22. The van der Waals surface area contributed by atoms with Gasteiger partial charge in [0.05, 0.1) is 12.0 Å². The standard InChI is InChI=1S/C15H30O4/c1-5-9-12(6-2)15(7-3,8-4)14(18)19-11-13(17)10-16/h12-13,16-17H,5-11H2,1-4H3. The van der Waals surface area contributed by atoms with Gasteiger partial charge in [-0.25, -0.2) is 0 Å². The number of rotatable bonds is 10. The predicted molar refractivity (Wildman–Crippen MR) is 75.8 cm³/mol. The van der Waals surface area contributed by atoms with Crippen LogP contribution >= 0.6 is 0 Å². The average Bonchev–Trinajstić information content (AvgIpc) is 2.45. The first-order valence-electron chi connectivity index (χ1n) is 7.48. The fourth-order valence-corrected chi connectivity index (χ4v) is 2.87. The molecule has 0 saturated heterocycles. The van der Waals surface area contributed by atoms with Crippen molar-refractivity contribution in [2.24, 2.45) is 11.3 Å². The van der Waals surface area contributed by atoms with Gasteiger partial charge in [0.25, 0.3) is 0 Å². The summed E-state index contributed by atoms with van der Waals surface area (Å²) in [6.07, 6.45) is 3.52. The van der Waals surface area contributed by atoms with Gasteiger partial charge in [-0.05, 0) is 25.2 Å². The van der Waals surface area contributed by atoms with Gasteiger partial charge in [0.1, 0.15) is 12.7 Å². The zero-order chi connectivity index (χ0) is 14.9. The van der Waals surface area contributed by atoms with E-state index in [0.717, 1.165) is 32.1 Å². The number of carbonyl (C=O) groups excluding carboxylic acids is 1. The zero-order valence-corrected chi connectivity index (χ0v) is 12.8. The maximum absolute atomic E-state index is 12.4. The molecule has 4 heteroatoms. The molecule has 2 N–H and O–H groups in total. The van der Waals surface area contributed by atoms with Crippen LogP contribution in [0.5, 0.6) is 0 Å². The summed E-state index contributed by atoms with van der Waals surface area (Å²) in [5.74, 6) is 0.0802. The molecule has 0 aromatic carbocycles. The van der Waals surface area contributed by atoms with Crippen LogP contribution in [0.3, 0.4) is 0 Å². The third-order valence-electron chi connectivity index (χ3n) is 4.20. The van der Waals surface area contributed by atoms with Crippen molar-refractivity contribution >= 4 is 5.97 Å². The van der Waals surface area contributed by atoms with Crippen LogP contribution in [0.1, 0.15) is 59.8 Å². The van der Waals surface area contributed by atoms with Crippen molar-refractivity contribution in [2.75, 3.05) is 13.2 Å². The molecule has 0 saturated carbocycles. The van der Waals surface area contributed by atoms with E-state index in [1.807, 2.05) is 13.8 Å². The molecule has 0 aromatic rings. The quantitative estimate of drug-likeness (QED) is 0.601. The van der Waals surface area contributed by atoms with Crippen LogP contribution in [-0.2, 0) is 9.53 Å². The van der Waals surface area contributed by atoms with Crippen LogP contribution in [0.25, 0.3) is 0 Å². The Morgan fingerprint density at radius 2 is 1.79 bits per heavy atom. The summed E-state index contributed by atoms with van der Waals surface area (Å²) in [6.45, 7) is 7.76. The normalized spacial score (nSPS) is 15.1. The molecule has 4 nitrogen and oxygen atoms in total. The first-order valence-corrected chi connectivity index (χ1v) is 7.48. The van der Waals surface area contributed by atoms with E-state index in [-0.39, 0.29) is 19.2 Å². The van der Waals surface area contributed by atoms with Gasteiger partial charge in [-0.2, -0.15) is 0 Å². The van der Waals surface area contributed by atoms with Gasteiger partial charge in [0.15, 0.2) is 0 Å². The molecule has 0 bridgehead atoms. The molecule has 0 radical (unpaired) electrons. The van der Waals surface area contributed by atoms with Crippen molar-refractivity contribution in [1.29, 1.82) is 0 Å². The van der Waals surface area contributed by atoms with Gasteiger partial charge in [-0.3, -0.25) is 4.79 Å². The fraction of sp³-hybridized carbons (Fsp3) is 0.933. The Bertz CT molecular complexity index is 249. The third-order valence-corrected chi connectivity index (χ3v) is 4.20. The van der Waals surface area contributed by atoms with Crippen LogP contribution in [0.15, 0.2) is 0 Å². The Labute approximate surface area is 117 Å². The second-order valence-electron chi connectivity index (χ2n) is 5.19. The van der Waals surface area contributed by atoms with Crippen molar-refractivity contribution < 1.29 is 19.7 Å². The van der Waals surface area contributed by atoms with E-state index in [4.69, 9.17) is 9.84 Å². The van der Waals surface area contributed by atoms with E-state index in [1.165, 1.54) is 0 Å². The maximum Gasteiger partial charge on any atom is 0.312 e. The highest BCUT2D eigenvalue weighted by Crippen LogP contribution is 2.41. The first-order chi connectivity index (χ1) is 9.02. The highest BCUT2D eigenvalue weighted by molar-refractivity contribution is 5.77. The molecule has 114 valence electrons. The molecule has 0 spiro atoms. The summed E-state index contributed by atoms with van der Waals surface area (Å²) in [4.78, 5) is 12.4. The van der Waals surface area contributed by atoms with E-state index in [0.29, 0.717) is 5.92 Å². The second kappa shape index (κ2) is 9.32. The molecule has 0 heterocycles. The minimum Gasteiger partial charge on any atom is -0.462 e. The van der Waals surface area contributed by atoms with Crippen LogP contribution < -0.4 is 0 Å². The van der Waals surface area contributed by atoms with Crippen LogP contribution in [0.2, 0.25) is 0 Å². The van der Waals surface area contributed by atoms with Crippen LogP contribution in [0, 0.1) is 11.3 Å². The lowest BCUT2D eigenvalue weighted by Crippen LogP contribution is -2.40. The number of aliphatic hydroxyl groups excluding tert-OH is 2. The van der Waals surface area contributed by atoms with Crippen molar-refractivity contribution in [3.05, 3.63) is 0 Å². The Kier molecular flexibility index (Phi) is 9.02. The Morgan fingerprint density at radius 3 is 2.16 bits per heavy atom. The van der Waals surface area contributed by atoms with Crippen molar-refractivity contribution in [2.45, 2.75) is 65.9 Å². The highest BCUT2D eigenvalue weighted by atomic mass is 16.5. The molecule has 0 aliphatic rings. The predicted octanol–water partition coefficient (Wildman–Crippen LogP) is 2.52. The molecular weight excluding hydrogens is 244 g/mol. The van der Waals surface area contributed by atoms with Crippen molar-refractivity contribution in [1.82, 2.24) is 0 Å². The van der Waals surface area contributed by atoms with Crippen molar-refractivity contribution in [3.8, 4) is 0 Å². The molecule has 0 aliphatic heterocycles. The zero-order valence-electron chi connectivity index (χ0n) is 12.8. The largest absolute Gasteiger partial charge is 0.462 e. The molecule has 2 unspecified atom stereocenters. The lowest BCUT2D eigenvalue weighted by Gasteiger charge is -2.37. The van der Waals surface area contributed by atoms with Gasteiger partial charge < -0.3 is 14.9 Å². The monoisotopic (exact) mass is 274 g/mol. The number of hydrogen-bond donors (Lipinski definition) is 2. The molecule has 2 atom stereocenters. The number of aliphatic hydroxyl groups is 2. The minimum absolute atomic E-state index is 0.125. The summed E-state index contributed by atoms with van der Waals surface area (Å²) in [6, 6.07) is 0. The Morgan fingerprint density at radius 1 is 1.21 bits per heavy atom. The van der Waals surface area contributed by atoms with Gasteiger partial charge >= 0.3 is 5.97 Å². The molecule has 0 aromatic heterocycles. The summed E-state index contributed by atoms with van der Waals surface area (Å²) in [5, 5.41) is 18.1. The van der Waals surface area contributed by atoms with E-state index >= 15 is 0 Å². The lowest BCUT2D eigenvalue weighted by molar-refractivity contribution is -0.164. The summed E-state index contributed by atoms with van der Waals surface area (Å²) in [5.41, 5.74) is -0.458. The van der Waals surface area contributed by atoms with E-state index < -0.39 is 11.5 Å². The average molecular weight is 274 g/mol. The molecule has 0 amide bonds. The SMILES string of the molecule is CCCC(CC)C(CC)(CC)C(=O)OCC(O)CO. The lowest BCUT2D eigenvalue weighted by atomic mass is 9.68. The van der Waals surface area contributed by atoms with E-state index in [9.17, 15) is 9.90 Å². The van der Waals surface area contributed by atoms with Crippen LogP contribution in [0.4, 0.5) is 0 Å². The number of esters is 1. The summed E-state index contributed by atoms with van der Waals surface area (Å²) >= 11 is 0. The van der Waals surface area contributed by atoms with Gasteiger partial charge in [-0.15, -0.1) is 0 Å². The Hall–Kier alpha value is -0.610. The number of carbonyl (C=O) groups is 1. The topological polar surface area (TPSA) is 66.8 Å². The van der Waals surface area contributed by atoms with Gasteiger partial charge in [0, 0.05) is 0 Å².